The van der Waals surface area contributed by atoms with Gasteiger partial charge in [-0.1, -0.05) is 0 Å². The zero-order valence-electron chi connectivity index (χ0n) is 12.2. The molecule has 9 nitrogen and oxygen atoms in total. The van der Waals surface area contributed by atoms with E-state index in [0.717, 1.165) is 11.8 Å². The van der Waals surface area contributed by atoms with E-state index in [0.29, 0.717) is 10.3 Å². The predicted molar refractivity (Wildman–Crippen MR) is 77.4 cm³/mol. The predicted octanol–water partition coefficient (Wildman–Crippen LogP) is 0.858. The number of nitrogens with zero attached hydrogens (tertiary/aromatic N) is 5. The Morgan fingerprint density at radius 3 is 2.57 bits per heavy atom. The van der Waals surface area contributed by atoms with Crippen molar-refractivity contribution < 1.29 is 4.74 Å². The highest BCUT2D eigenvalue weighted by atomic mass is 32.2. The first-order valence-electron chi connectivity index (χ1n) is 6.39. The van der Waals surface area contributed by atoms with Crippen LogP contribution in [-0.4, -0.2) is 35.8 Å². The fraction of sp³-hybridized carbons (Fsp3) is 0.545. The van der Waals surface area contributed by atoms with Gasteiger partial charge in [0, 0.05) is 6.04 Å². The van der Waals surface area contributed by atoms with Gasteiger partial charge >= 0.3 is 11.7 Å². The molecule has 0 aliphatic heterocycles. The summed E-state index contributed by atoms with van der Waals surface area (Å²) in [5.41, 5.74) is 5.36. The van der Waals surface area contributed by atoms with Crippen molar-refractivity contribution in [1.82, 2.24) is 29.7 Å². The second-order valence-electron chi connectivity index (χ2n) is 4.80. The number of nitrogens with two attached hydrogens (primary N) is 1. The summed E-state index contributed by atoms with van der Waals surface area (Å²) in [4.78, 5) is 23.7. The maximum Gasteiger partial charge on any atom is 0.344 e. The lowest BCUT2D eigenvalue weighted by Crippen LogP contribution is -2.19. The Bertz CT molecular complexity index is 679. The summed E-state index contributed by atoms with van der Waals surface area (Å²) in [6.07, 6.45) is -0.0797. The van der Waals surface area contributed by atoms with E-state index in [9.17, 15) is 4.79 Å². The van der Waals surface area contributed by atoms with Gasteiger partial charge in [0.05, 0.1) is 6.10 Å². The second-order valence-corrected chi connectivity index (χ2v) is 5.74. The summed E-state index contributed by atoms with van der Waals surface area (Å²) in [5.74, 6) is 0.0529. The summed E-state index contributed by atoms with van der Waals surface area (Å²) in [6.45, 7) is 7.49. The van der Waals surface area contributed by atoms with Crippen molar-refractivity contribution in [3.63, 3.8) is 0 Å². The highest BCUT2D eigenvalue weighted by Gasteiger charge is 2.16. The van der Waals surface area contributed by atoms with Crippen LogP contribution in [0.25, 0.3) is 0 Å². The maximum absolute atomic E-state index is 11.7. The number of aromatic nitrogens is 6. The molecule has 3 N–H and O–H groups in total. The molecule has 0 aliphatic carbocycles. The van der Waals surface area contributed by atoms with Gasteiger partial charge < -0.3 is 10.5 Å². The molecule has 0 bridgehead atoms. The molecule has 0 aromatic carbocycles. The second kappa shape index (κ2) is 6.12. The Kier molecular flexibility index (Phi) is 4.46. The lowest BCUT2D eigenvalue weighted by atomic mass is 10.4. The number of hydrogen-bond acceptors (Lipinski definition) is 8. The summed E-state index contributed by atoms with van der Waals surface area (Å²) in [5, 5.41) is 7.14. The topological polar surface area (TPSA) is 125 Å². The monoisotopic (exact) mass is 311 g/mol. The van der Waals surface area contributed by atoms with Crippen LogP contribution in [0, 0.1) is 0 Å². The molecule has 0 atom stereocenters. The van der Waals surface area contributed by atoms with Gasteiger partial charge in [0.1, 0.15) is 0 Å². The largest absolute Gasteiger partial charge is 0.461 e. The van der Waals surface area contributed by atoms with Crippen LogP contribution in [0.15, 0.2) is 15.1 Å². The van der Waals surface area contributed by atoms with Crippen LogP contribution < -0.4 is 16.2 Å². The van der Waals surface area contributed by atoms with Crippen LogP contribution in [0.3, 0.4) is 0 Å². The summed E-state index contributed by atoms with van der Waals surface area (Å²) < 4.78 is 6.91. The van der Waals surface area contributed by atoms with E-state index in [4.69, 9.17) is 10.5 Å². The number of nitrogens with one attached hydrogen (secondary N) is 1. The number of ether oxygens (including phenoxy) is 1. The van der Waals surface area contributed by atoms with Crippen LogP contribution in [0.4, 0.5) is 5.95 Å². The minimum Gasteiger partial charge on any atom is -0.461 e. The summed E-state index contributed by atoms with van der Waals surface area (Å²) in [7, 11) is 0. The van der Waals surface area contributed by atoms with Gasteiger partial charge in [-0.3, -0.25) is 4.57 Å². The molecule has 2 aromatic rings. The first-order chi connectivity index (χ1) is 9.86. The molecule has 114 valence electrons. The van der Waals surface area contributed by atoms with Gasteiger partial charge in [0.25, 0.3) is 0 Å². The molecule has 0 aliphatic rings. The first-order valence-corrected chi connectivity index (χ1v) is 7.21. The zero-order valence-corrected chi connectivity index (χ0v) is 13.0. The number of aromatic amines is 1. The van der Waals surface area contributed by atoms with Gasteiger partial charge in [-0.2, -0.15) is 15.0 Å². The highest BCUT2D eigenvalue weighted by molar-refractivity contribution is 7.99. The molecule has 0 saturated heterocycles. The first kappa shape index (κ1) is 15.3. The highest BCUT2D eigenvalue weighted by Crippen LogP contribution is 2.25. The zero-order chi connectivity index (χ0) is 15.6. The molecular formula is C11H17N7O2S. The Morgan fingerprint density at radius 1 is 1.24 bits per heavy atom. The van der Waals surface area contributed by atoms with Crippen LogP contribution in [0.2, 0.25) is 0 Å². The summed E-state index contributed by atoms with van der Waals surface area (Å²) in [6, 6.07) is 0.110. The third-order valence-electron chi connectivity index (χ3n) is 2.32. The Balaban J connectivity index is 2.31. The third kappa shape index (κ3) is 3.72. The van der Waals surface area contributed by atoms with Gasteiger partial charge in [0.15, 0.2) is 5.16 Å². The van der Waals surface area contributed by atoms with Crippen LogP contribution >= 0.6 is 11.8 Å². The smallest absolute Gasteiger partial charge is 0.344 e. The van der Waals surface area contributed by atoms with E-state index in [2.05, 4.69) is 25.1 Å². The molecule has 2 heterocycles. The number of hydrogen-bond donors (Lipinski definition) is 2. The van der Waals surface area contributed by atoms with E-state index >= 15 is 0 Å². The van der Waals surface area contributed by atoms with Gasteiger partial charge in [-0.05, 0) is 39.5 Å². The van der Waals surface area contributed by atoms with E-state index < -0.39 is 0 Å². The molecule has 2 rings (SSSR count). The van der Waals surface area contributed by atoms with Crippen molar-refractivity contribution in [2.24, 2.45) is 0 Å². The number of H-pyrrole nitrogens is 1. The molecule has 0 spiro atoms. The Morgan fingerprint density at radius 2 is 1.95 bits per heavy atom. The normalized spacial score (nSPS) is 11.3. The third-order valence-corrected chi connectivity index (χ3v) is 3.16. The molecule has 0 amide bonds. The molecule has 0 radical (unpaired) electrons. The number of nitrogen functional groups attached to an aromatic ring is 1. The average molecular weight is 311 g/mol. The molecule has 21 heavy (non-hydrogen) atoms. The van der Waals surface area contributed by atoms with Crippen LogP contribution in [0.5, 0.6) is 6.01 Å². The number of anilines is 1. The lowest BCUT2D eigenvalue weighted by molar-refractivity contribution is 0.219. The quantitative estimate of drug-likeness (QED) is 0.833. The molecule has 10 heteroatoms. The standard InChI is InChI=1S/C11H17N7O2S/c1-5(2)18-10(19)16-17-11(18)21-9-14-7(12)13-8(15-9)20-6(3)4/h5-6H,1-4H3,(H,16,19)(H2,12,13,14,15). The maximum atomic E-state index is 11.7. The van der Waals surface area contributed by atoms with Crippen molar-refractivity contribution in [2.75, 3.05) is 5.73 Å². The van der Waals surface area contributed by atoms with Crippen molar-refractivity contribution in [1.29, 1.82) is 0 Å². The van der Waals surface area contributed by atoms with E-state index in [1.165, 1.54) is 4.57 Å². The summed E-state index contributed by atoms with van der Waals surface area (Å²) >= 11 is 1.12. The van der Waals surface area contributed by atoms with E-state index in [1.54, 1.807) is 0 Å². The van der Waals surface area contributed by atoms with E-state index in [-0.39, 0.29) is 29.8 Å². The van der Waals surface area contributed by atoms with Gasteiger partial charge in [-0.15, -0.1) is 5.10 Å². The minimum atomic E-state index is -0.284. The lowest BCUT2D eigenvalue weighted by Gasteiger charge is -2.10. The van der Waals surface area contributed by atoms with Gasteiger partial charge in [-0.25, -0.2) is 9.89 Å². The van der Waals surface area contributed by atoms with Crippen molar-refractivity contribution >= 4 is 17.7 Å². The van der Waals surface area contributed by atoms with Crippen LogP contribution in [0.1, 0.15) is 33.7 Å². The molecule has 0 saturated carbocycles. The molecule has 0 fully saturated rings. The Hall–Kier alpha value is -2.10. The van der Waals surface area contributed by atoms with Gasteiger partial charge in [0.2, 0.25) is 11.1 Å². The van der Waals surface area contributed by atoms with E-state index in [1.807, 2.05) is 27.7 Å². The van der Waals surface area contributed by atoms with Crippen molar-refractivity contribution in [3.05, 3.63) is 10.5 Å². The van der Waals surface area contributed by atoms with Crippen molar-refractivity contribution in [2.45, 2.75) is 50.2 Å². The average Bonchev–Trinajstić information content (AvgIpc) is 2.68. The van der Waals surface area contributed by atoms with Crippen molar-refractivity contribution in [3.8, 4) is 6.01 Å². The fourth-order valence-corrected chi connectivity index (χ4v) is 2.47. The number of rotatable bonds is 5. The fourth-order valence-electron chi connectivity index (χ4n) is 1.56. The molecule has 2 aromatic heterocycles. The molecule has 0 unspecified atom stereocenters. The minimum absolute atomic E-state index is 0.0377. The van der Waals surface area contributed by atoms with Crippen LogP contribution in [-0.2, 0) is 0 Å². The Labute approximate surface area is 125 Å². The SMILES string of the molecule is CC(C)Oc1nc(N)nc(Sc2n[nH]c(=O)n2C(C)C)n1. The molecular weight excluding hydrogens is 294 g/mol.